The van der Waals surface area contributed by atoms with Gasteiger partial charge in [0.15, 0.2) is 0 Å². The Bertz CT molecular complexity index is 705. The highest BCUT2D eigenvalue weighted by molar-refractivity contribution is 7.12. The molecule has 3 aromatic rings. The molecule has 2 N–H and O–H groups in total. The van der Waals surface area contributed by atoms with Crippen LogP contribution in [0.4, 0.5) is 5.82 Å². The first-order valence-electron chi connectivity index (χ1n) is 6.41. The van der Waals surface area contributed by atoms with Crippen molar-refractivity contribution >= 4 is 17.2 Å². The zero-order valence-corrected chi connectivity index (χ0v) is 12.3. The second-order valence-electron chi connectivity index (χ2n) is 4.83. The zero-order valence-electron chi connectivity index (χ0n) is 11.5. The number of anilines is 1. The van der Waals surface area contributed by atoms with E-state index in [0.717, 1.165) is 17.8 Å². The van der Waals surface area contributed by atoms with Gasteiger partial charge in [-0.05, 0) is 37.6 Å². The summed E-state index contributed by atoms with van der Waals surface area (Å²) in [5.41, 5.74) is 9.06. The van der Waals surface area contributed by atoms with E-state index >= 15 is 0 Å². The molecule has 0 aliphatic rings. The number of thiophene rings is 1. The fraction of sp³-hybridized carbons (Fsp3) is 0.200. The molecule has 0 radical (unpaired) electrons. The van der Waals surface area contributed by atoms with Crippen molar-refractivity contribution in [2.75, 3.05) is 5.73 Å². The molecule has 0 unspecified atom stereocenters. The van der Waals surface area contributed by atoms with E-state index in [1.165, 1.54) is 15.3 Å². The summed E-state index contributed by atoms with van der Waals surface area (Å²) in [6, 6.07) is 6.03. The van der Waals surface area contributed by atoms with Crippen LogP contribution in [-0.4, -0.2) is 14.5 Å². The van der Waals surface area contributed by atoms with Gasteiger partial charge in [-0.3, -0.25) is 0 Å². The van der Waals surface area contributed by atoms with Gasteiger partial charge >= 0.3 is 0 Å². The van der Waals surface area contributed by atoms with Crippen molar-refractivity contribution in [1.82, 2.24) is 14.5 Å². The summed E-state index contributed by atoms with van der Waals surface area (Å²) < 4.78 is 2.14. The van der Waals surface area contributed by atoms with E-state index in [4.69, 9.17) is 5.73 Å². The first-order valence-corrected chi connectivity index (χ1v) is 7.23. The number of nitrogens with two attached hydrogens (primary N) is 1. The van der Waals surface area contributed by atoms with Gasteiger partial charge in [0.2, 0.25) is 0 Å². The van der Waals surface area contributed by atoms with Crippen LogP contribution < -0.4 is 5.73 Å². The van der Waals surface area contributed by atoms with Gasteiger partial charge in [-0.15, -0.1) is 11.3 Å². The maximum Gasteiger partial charge on any atom is 0.123 e. The highest BCUT2D eigenvalue weighted by atomic mass is 32.1. The number of nitrogen functional groups attached to an aromatic ring is 1. The van der Waals surface area contributed by atoms with Gasteiger partial charge in [0.25, 0.3) is 0 Å². The molecule has 0 saturated carbocycles. The maximum atomic E-state index is 5.63. The zero-order chi connectivity index (χ0) is 14.1. The third-order valence-corrected chi connectivity index (χ3v) is 4.47. The van der Waals surface area contributed by atoms with Gasteiger partial charge in [-0.2, -0.15) is 0 Å². The molecule has 0 bridgehead atoms. The van der Waals surface area contributed by atoms with Gasteiger partial charge in [0.05, 0.1) is 24.8 Å². The molecule has 0 aliphatic heterocycles. The summed E-state index contributed by atoms with van der Waals surface area (Å²) in [5.74, 6) is 0.532. The number of nitrogens with zero attached hydrogens (tertiary/aromatic N) is 3. The Labute approximate surface area is 121 Å². The van der Waals surface area contributed by atoms with E-state index in [1.807, 2.05) is 36.0 Å². The highest BCUT2D eigenvalue weighted by Crippen LogP contribution is 2.24. The van der Waals surface area contributed by atoms with E-state index in [9.17, 15) is 0 Å². The lowest BCUT2D eigenvalue weighted by Crippen LogP contribution is -1.99. The summed E-state index contributed by atoms with van der Waals surface area (Å²) in [4.78, 5) is 11.1. The lowest BCUT2D eigenvalue weighted by atomic mass is 10.2. The van der Waals surface area contributed by atoms with E-state index in [-0.39, 0.29) is 0 Å². The predicted molar refractivity (Wildman–Crippen MR) is 82.8 cm³/mol. The minimum absolute atomic E-state index is 0.532. The largest absolute Gasteiger partial charge is 0.384 e. The number of hydrogen-bond donors (Lipinski definition) is 1. The van der Waals surface area contributed by atoms with Crippen LogP contribution in [0.2, 0.25) is 0 Å². The van der Waals surface area contributed by atoms with Crippen molar-refractivity contribution in [3.05, 3.63) is 52.2 Å². The number of aryl methyl sites for hydroxylation is 2. The Morgan fingerprint density at radius 3 is 2.75 bits per heavy atom. The Morgan fingerprint density at radius 2 is 2.10 bits per heavy atom. The Balaban J connectivity index is 1.92. The normalized spacial score (nSPS) is 10.9. The van der Waals surface area contributed by atoms with Crippen molar-refractivity contribution in [1.29, 1.82) is 0 Å². The van der Waals surface area contributed by atoms with Crippen molar-refractivity contribution in [3.8, 4) is 11.3 Å². The van der Waals surface area contributed by atoms with Crippen LogP contribution >= 0.6 is 11.3 Å². The number of aromatic nitrogens is 3. The SMILES string of the molecule is Cc1cc(Cn2cncc2-c2ccc(N)nc2)sc1C. The van der Waals surface area contributed by atoms with E-state index in [0.29, 0.717) is 5.82 Å². The minimum Gasteiger partial charge on any atom is -0.384 e. The lowest BCUT2D eigenvalue weighted by molar-refractivity contribution is 0.817. The predicted octanol–water partition coefficient (Wildman–Crippen LogP) is 3.25. The number of pyridine rings is 1. The molecule has 0 aliphatic carbocycles. The van der Waals surface area contributed by atoms with Crippen LogP contribution in [0.15, 0.2) is 36.9 Å². The van der Waals surface area contributed by atoms with Crippen LogP contribution in [0.25, 0.3) is 11.3 Å². The molecule has 5 heteroatoms. The van der Waals surface area contributed by atoms with Gasteiger partial charge in [-0.1, -0.05) is 0 Å². The fourth-order valence-corrected chi connectivity index (χ4v) is 3.19. The summed E-state index contributed by atoms with van der Waals surface area (Å²) in [6.07, 6.45) is 5.50. The van der Waals surface area contributed by atoms with Crippen LogP contribution in [-0.2, 0) is 6.54 Å². The smallest absolute Gasteiger partial charge is 0.123 e. The van der Waals surface area contributed by atoms with Crippen LogP contribution in [0.1, 0.15) is 15.3 Å². The number of hydrogen-bond acceptors (Lipinski definition) is 4. The van der Waals surface area contributed by atoms with Gasteiger partial charge in [-0.25, -0.2) is 9.97 Å². The lowest BCUT2D eigenvalue weighted by Gasteiger charge is -2.06. The van der Waals surface area contributed by atoms with Crippen molar-refractivity contribution in [2.45, 2.75) is 20.4 Å². The quantitative estimate of drug-likeness (QED) is 0.803. The molecule has 0 aromatic carbocycles. The molecule has 3 aromatic heterocycles. The third-order valence-electron chi connectivity index (χ3n) is 3.34. The highest BCUT2D eigenvalue weighted by Gasteiger charge is 2.08. The molecule has 0 amide bonds. The van der Waals surface area contributed by atoms with E-state index < -0.39 is 0 Å². The average Bonchev–Trinajstić information content (AvgIpc) is 2.99. The van der Waals surface area contributed by atoms with Crippen LogP contribution in [0.3, 0.4) is 0 Å². The van der Waals surface area contributed by atoms with Crippen molar-refractivity contribution < 1.29 is 0 Å². The number of rotatable bonds is 3. The molecular weight excluding hydrogens is 268 g/mol. The molecule has 102 valence electrons. The molecule has 20 heavy (non-hydrogen) atoms. The molecule has 0 saturated heterocycles. The summed E-state index contributed by atoms with van der Waals surface area (Å²) in [6.45, 7) is 5.13. The molecule has 0 spiro atoms. The van der Waals surface area contributed by atoms with Gasteiger partial charge in [0, 0.05) is 21.5 Å². The Hall–Kier alpha value is -2.14. The molecule has 3 heterocycles. The molecular formula is C15H16N4S. The molecule has 0 fully saturated rings. The second-order valence-corrected chi connectivity index (χ2v) is 6.17. The van der Waals surface area contributed by atoms with E-state index in [1.54, 1.807) is 6.20 Å². The summed E-state index contributed by atoms with van der Waals surface area (Å²) in [7, 11) is 0. The Morgan fingerprint density at radius 1 is 1.25 bits per heavy atom. The second kappa shape index (κ2) is 5.09. The van der Waals surface area contributed by atoms with Gasteiger partial charge < -0.3 is 10.3 Å². The molecule has 4 nitrogen and oxygen atoms in total. The van der Waals surface area contributed by atoms with Crippen molar-refractivity contribution in [2.24, 2.45) is 0 Å². The summed E-state index contributed by atoms with van der Waals surface area (Å²) >= 11 is 1.83. The topological polar surface area (TPSA) is 56.7 Å². The molecule has 3 rings (SSSR count). The third kappa shape index (κ3) is 2.44. The minimum atomic E-state index is 0.532. The first kappa shape index (κ1) is 12.9. The van der Waals surface area contributed by atoms with E-state index in [2.05, 4.69) is 34.4 Å². The average molecular weight is 284 g/mol. The maximum absolute atomic E-state index is 5.63. The number of imidazole rings is 1. The standard InChI is InChI=1S/C15H16N4S/c1-10-5-13(20-11(10)2)8-19-9-17-7-14(19)12-3-4-15(16)18-6-12/h3-7,9H,8H2,1-2H3,(H2,16,18). The monoisotopic (exact) mass is 284 g/mol. The first-order chi connectivity index (χ1) is 9.63. The Kier molecular flexibility index (Phi) is 3.28. The van der Waals surface area contributed by atoms with Crippen LogP contribution in [0.5, 0.6) is 0 Å². The van der Waals surface area contributed by atoms with Crippen molar-refractivity contribution in [3.63, 3.8) is 0 Å². The van der Waals surface area contributed by atoms with Gasteiger partial charge in [0.1, 0.15) is 5.82 Å². The summed E-state index contributed by atoms with van der Waals surface area (Å²) in [5, 5.41) is 0. The fourth-order valence-electron chi connectivity index (χ4n) is 2.14. The molecule has 0 atom stereocenters. The van der Waals surface area contributed by atoms with Crippen LogP contribution in [0, 0.1) is 13.8 Å².